The third-order valence-electron chi connectivity index (χ3n) is 6.34. The molecule has 2 heterocycles. The summed E-state index contributed by atoms with van der Waals surface area (Å²) in [6.45, 7) is 5.23. The summed E-state index contributed by atoms with van der Waals surface area (Å²) < 4.78 is 7.43. The molecule has 0 spiro atoms. The van der Waals surface area contributed by atoms with E-state index in [4.69, 9.17) is 16.3 Å². The van der Waals surface area contributed by atoms with Crippen LogP contribution in [0.25, 0.3) is 0 Å². The van der Waals surface area contributed by atoms with Crippen molar-refractivity contribution in [3.05, 3.63) is 40.7 Å². The number of thioether (sulfide) groups is 1. The maximum absolute atomic E-state index is 13.0. The highest BCUT2D eigenvalue weighted by molar-refractivity contribution is 7.99. The van der Waals surface area contributed by atoms with Crippen molar-refractivity contribution in [3.63, 3.8) is 0 Å². The predicted octanol–water partition coefficient (Wildman–Crippen LogP) is 2.67. The normalized spacial score (nSPS) is 18.5. The molecule has 1 amide bonds. The lowest BCUT2D eigenvalue weighted by Gasteiger charge is -2.40. The topological polar surface area (TPSA) is 72.3 Å². The van der Waals surface area contributed by atoms with E-state index >= 15 is 0 Å². The number of halogens is 1. The largest absolute Gasteiger partial charge is 0.379 e. The Kier molecular flexibility index (Phi) is 7.53. The fourth-order valence-corrected chi connectivity index (χ4v) is 5.24. The van der Waals surface area contributed by atoms with E-state index in [-0.39, 0.29) is 5.91 Å². The van der Waals surface area contributed by atoms with Gasteiger partial charge in [-0.3, -0.25) is 9.69 Å². The van der Waals surface area contributed by atoms with Gasteiger partial charge in [0, 0.05) is 50.4 Å². The molecule has 1 aliphatic heterocycles. The summed E-state index contributed by atoms with van der Waals surface area (Å²) >= 11 is 7.74. The van der Waals surface area contributed by atoms with Crippen molar-refractivity contribution < 1.29 is 9.53 Å². The summed E-state index contributed by atoms with van der Waals surface area (Å²) in [5.41, 5.74) is 0.642. The number of amides is 1. The van der Waals surface area contributed by atoms with Crippen LogP contribution in [0.5, 0.6) is 0 Å². The number of ether oxygens (including phenoxy) is 1. The highest BCUT2D eigenvalue weighted by Gasteiger charge is 2.45. The summed E-state index contributed by atoms with van der Waals surface area (Å²) in [7, 11) is 2.00. The Morgan fingerprint density at radius 1 is 1.23 bits per heavy atom. The van der Waals surface area contributed by atoms with Gasteiger partial charge in [0.05, 0.1) is 18.6 Å². The van der Waals surface area contributed by atoms with Crippen molar-refractivity contribution in [1.82, 2.24) is 25.0 Å². The first-order valence-electron chi connectivity index (χ1n) is 10.9. The van der Waals surface area contributed by atoms with Gasteiger partial charge in [0.2, 0.25) is 5.91 Å². The van der Waals surface area contributed by atoms with Gasteiger partial charge in [-0.25, -0.2) is 0 Å². The first-order valence-corrected chi connectivity index (χ1v) is 12.3. The first kappa shape index (κ1) is 22.6. The molecule has 9 heteroatoms. The molecule has 1 aromatic heterocycles. The Morgan fingerprint density at radius 2 is 1.97 bits per heavy atom. The molecular formula is C22H30ClN5O2S. The minimum absolute atomic E-state index is 0.100. The van der Waals surface area contributed by atoms with Gasteiger partial charge in [0.1, 0.15) is 5.82 Å². The minimum atomic E-state index is -0.412. The molecule has 0 unspecified atom stereocenters. The summed E-state index contributed by atoms with van der Waals surface area (Å²) in [5.74, 6) is 1.97. The zero-order valence-electron chi connectivity index (χ0n) is 18.0. The molecule has 168 valence electrons. The van der Waals surface area contributed by atoms with Gasteiger partial charge in [-0.05, 0) is 30.5 Å². The van der Waals surface area contributed by atoms with Crippen LogP contribution < -0.4 is 5.32 Å². The van der Waals surface area contributed by atoms with Crippen LogP contribution in [0.2, 0.25) is 5.02 Å². The second-order valence-corrected chi connectivity index (χ2v) is 9.71. The minimum Gasteiger partial charge on any atom is -0.379 e. The zero-order chi connectivity index (χ0) is 21.7. The van der Waals surface area contributed by atoms with E-state index in [0.717, 1.165) is 74.4 Å². The lowest BCUT2D eigenvalue weighted by atomic mass is 9.64. The van der Waals surface area contributed by atoms with E-state index in [1.165, 1.54) is 0 Å². The molecule has 31 heavy (non-hydrogen) atoms. The predicted molar refractivity (Wildman–Crippen MR) is 123 cm³/mol. The van der Waals surface area contributed by atoms with Crippen molar-refractivity contribution in [2.45, 2.75) is 36.3 Å². The summed E-state index contributed by atoms with van der Waals surface area (Å²) in [6, 6.07) is 7.68. The molecule has 2 fully saturated rings. The molecule has 1 saturated heterocycles. The number of nitrogens with zero attached hydrogens (tertiary/aromatic N) is 4. The SMILES string of the molecule is Cn1c(CCNC(=O)C2(c3ccc(Cl)cc3)CCC2)nnc1SCCN1CCOCC1. The third kappa shape index (κ3) is 5.25. The van der Waals surface area contributed by atoms with Crippen LogP contribution in [0, 0.1) is 0 Å². The van der Waals surface area contributed by atoms with Gasteiger partial charge in [-0.1, -0.05) is 41.9 Å². The second-order valence-electron chi connectivity index (χ2n) is 8.21. The molecule has 7 nitrogen and oxygen atoms in total. The van der Waals surface area contributed by atoms with Gasteiger partial charge in [0.25, 0.3) is 0 Å². The summed E-state index contributed by atoms with van der Waals surface area (Å²) in [5, 5.41) is 13.4. The molecule has 0 atom stereocenters. The summed E-state index contributed by atoms with van der Waals surface area (Å²) in [6.07, 6.45) is 3.50. The maximum atomic E-state index is 13.0. The fourth-order valence-electron chi connectivity index (χ4n) is 4.18. The van der Waals surface area contributed by atoms with Crippen molar-refractivity contribution in [1.29, 1.82) is 0 Å². The van der Waals surface area contributed by atoms with Crippen LogP contribution in [0.15, 0.2) is 29.4 Å². The standard InChI is InChI=1S/C22H30ClN5O2S/c1-27-19(25-26-21(27)31-16-13-28-11-14-30-15-12-28)7-10-24-20(29)22(8-2-9-22)17-3-5-18(23)6-4-17/h3-6H,2,7-16H2,1H3,(H,24,29). The smallest absolute Gasteiger partial charge is 0.230 e. The molecule has 4 rings (SSSR count). The number of carbonyl (C=O) groups excluding carboxylic acids is 1. The molecule has 2 aliphatic rings. The Morgan fingerprint density at radius 3 is 2.65 bits per heavy atom. The number of aromatic nitrogens is 3. The van der Waals surface area contributed by atoms with Crippen molar-refractivity contribution >= 4 is 29.3 Å². The Balaban J connectivity index is 1.25. The Bertz CT molecular complexity index is 879. The van der Waals surface area contributed by atoms with Gasteiger partial charge < -0.3 is 14.6 Å². The highest BCUT2D eigenvalue weighted by atomic mass is 35.5. The zero-order valence-corrected chi connectivity index (χ0v) is 19.6. The van der Waals surface area contributed by atoms with Gasteiger partial charge in [-0.15, -0.1) is 10.2 Å². The number of hydrogen-bond donors (Lipinski definition) is 1. The van der Waals surface area contributed by atoms with Crippen LogP contribution in [0.4, 0.5) is 0 Å². The third-order valence-corrected chi connectivity index (χ3v) is 7.59. The van der Waals surface area contributed by atoms with E-state index in [0.29, 0.717) is 18.0 Å². The van der Waals surface area contributed by atoms with Crippen LogP contribution in [-0.4, -0.2) is 70.7 Å². The molecular weight excluding hydrogens is 434 g/mol. The lowest BCUT2D eigenvalue weighted by molar-refractivity contribution is -0.129. The van der Waals surface area contributed by atoms with E-state index < -0.39 is 5.41 Å². The van der Waals surface area contributed by atoms with Crippen molar-refractivity contribution in [2.24, 2.45) is 7.05 Å². The molecule has 1 N–H and O–H groups in total. The Labute approximate surface area is 192 Å². The van der Waals surface area contributed by atoms with Crippen LogP contribution in [0.1, 0.15) is 30.7 Å². The van der Waals surface area contributed by atoms with Crippen LogP contribution in [-0.2, 0) is 28.4 Å². The molecule has 1 saturated carbocycles. The number of morpholine rings is 1. The lowest BCUT2D eigenvalue weighted by Crippen LogP contribution is -2.49. The first-order chi connectivity index (χ1) is 15.1. The van der Waals surface area contributed by atoms with E-state index in [1.807, 2.05) is 35.9 Å². The average molecular weight is 464 g/mol. The van der Waals surface area contributed by atoms with Crippen molar-refractivity contribution in [2.75, 3.05) is 45.1 Å². The quantitative estimate of drug-likeness (QED) is 0.576. The van der Waals surface area contributed by atoms with Crippen LogP contribution in [0.3, 0.4) is 0 Å². The molecule has 1 aliphatic carbocycles. The van der Waals surface area contributed by atoms with Gasteiger partial charge in [0.15, 0.2) is 5.16 Å². The van der Waals surface area contributed by atoms with E-state index in [1.54, 1.807) is 11.8 Å². The Hall–Kier alpha value is -1.61. The van der Waals surface area contributed by atoms with E-state index in [9.17, 15) is 4.79 Å². The fraction of sp³-hybridized carbons (Fsp3) is 0.591. The van der Waals surface area contributed by atoms with E-state index in [2.05, 4.69) is 20.4 Å². The number of benzene rings is 1. The maximum Gasteiger partial charge on any atom is 0.230 e. The van der Waals surface area contributed by atoms with Gasteiger partial charge in [-0.2, -0.15) is 0 Å². The molecule has 0 bridgehead atoms. The number of hydrogen-bond acceptors (Lipinski definition) is 6. The molecule has 1 aromatic carbocycles. The number of nitrogens with one attached hydrogen (secondary N) is 1. The number of rotatable bonds is 9. The van der Waals surface area contributed by atoms with Gasteiger partial charge >= 0.3 is 0 Å². The monoisotopic (exact) mass is 463 g/mol. The van der Waals surface area contributed by atoms with Crippen molar-refractivity contribution in [3.8, 4) is 0 Å². The molecule has 2 aromatic rings. The molecule has 0 radical (unpaired) electrons. The average Bonchev–Trinajstić information content (AvgIpc) is 3.09. The highest BCUT2D eigenvalue weighted by Crippen LogP contribution is 2.44. The number of carbonyl (C=O) groups is 1. The van der Waals surface area contributed by atoms with Crippen LogP contribution >= 0.6 is 23.4 Å². The summed E-state index contributed by atoms with van der Waals surface area (Å²) in [4.78, 5) is 15.4. The second kappa shape index (κ2) is 10.3.